The second kappa shape index (κ2) is 7.26. The molecule has 0 aromatic carbocycles. The van der Waals surface area contributed by atoms with Crippen LogP contribution in [0.25, 0.3) is 0 Å². The van der Waals surface area contributed by atoms with Crippen molar-refractivity contribution < 1.29 is 4.79 Å². The Morgan fingerprint density at radius 1 is 1.45 bits per heavy atom. The van der Waals surface area contributed by atoms with Gasteiger partial charge in [0.15, 0.2) is 0 Å². The smallest absolute Gasteiger partial charge is 0.146 e. The Kier molecular flexibility index (Phi) is 6.70. The standard InChI is InChI=1S/C10H16O/c1-3-5-7-10(9-11)8-6-4-2/h3,5,7,9H,4,6,8H2,1-2H3/b5-3+,10-7+. The van der Waals surface area contributed by atoms with E-state index in [0.29, 0.717) is 0 Å². The minimum Gasteiger partial charge on any atom is -0.298 e. The molecule has 0 aromatic heterocycles. The SMILES string of the molecule is C/C=C/C=C(/C=O)CCCC. The zero-order valence-corrected chi connectivity index (χ0v) is 7.34. The first kappa shape index (κ1) is 10.2. The predicted octanol–water partition coefficient (Wildman–Crippen LogP) is 2.88. The van der Waals surface area contributed by atoms with Gasteiger partial charge in [0.05, 0.1) is 0 Å². The Bertz CT molecular complexity index is 154. The summed E-state index contributed by atoms with van der Waals surface area (Å²) in [4.78, 5) is 10.4. The molecule has 0 N–H and O–H groups in total. The summed E-state index contributed by atoms with van der Waals surface area (Å²) in [6.07, 6.45) is 9.79. The highest BCUT2D eigenvalue weighted by atomic mass is 16.1. The van der Waals surface area contributed by atoms with E-state index >= 15 is 0 Å². The van der Waals surface area contributed by atoms with Gasteiger partial charge in [0.1, 0.15) is 6.29 Å². The van der Waals surface area contributed by atoms with Crippen molar-refractivity contribution in [2.45, 2.75) is 33.1 Å². The summed E-state index contributed by atoms with van der Waals surface area (Å²) in [6, 6.07) is 0. The van der Waals surface area contributed by atoms with Crippen molar-refractivity contribution in [3.8, 4) is 0 Å². The molecule has 0 saturated carbocycles. The minimum atomic E-state index is 0.893. The van der Waals surface area contributed by atoms with Crippen LogP contribution >= 0.6 is 0 Å². The van der Waals surface area contributed by atoms with Gasteiger partial charge in [-0.2, -0.15) is 0 Å². The number of carbonyl (C=O) groups excluding carboxylic acids is 1. The Hall–Kier alpha value is -0.850. The summed E-state index contributed by atoms with van der Waals surface area (Å²) in [6.45, 7) is 4.07. The number of hydrogen-bond acceptors (Lipinski definition) is 1. The molecule has 0 amide bonds. The molecule has 1 nitrogen and oxygen atoms in total. The van der Waals surface area contributed by atoms with E-state index in [1.807, 2.05) is 25.2 Å². The zero-order valence-electron chi connectivity index (χ0n) is 7.34. The third-order valence-electron chi connectivity index (χ3n) is 1.47. The molecular formula is C10H16O. The molecule has 62 valence electrons. The van der Waals surface area contributed by atoms with Crippen molar-refractivity contribution >= 4 is 6.29 Å². The molecule has 11 heavy (non-hydrogen) atoms. The topological polar surface area (TPSA) is 17.1 Å². The largest absolute Gasteiger partial charge is 0.298 e. The van der Waals surface area contributed by atoms with Crippen molar-refractivity contribution in [2.24, 2.45) is 0 Å². The fourth-order valence-corrected chi connectivity index (χ4v) is 0.782. The van der Waals surface area contributed by atoms with Gasteiger partial charge in [-0.05, 0) is 25.3 Å². The van der Waals surface area contributed by atoms with E-state index in [2.05, 4.69) is 6.92 Å². The number of aldehydes is 1. The molecule has 0 unspecified atom stereocenters. The normalized spacial score (nSPS) is 12.4. The maximum atomic E-state index is 10.4. The number of carbonyl (C=O) groups is 1. The van der Waals surface area contributed by atoms with E-state index in [1.165, 1.54) is 0 Å². The van der Waals surface area contributed by atoms with Crippen LogP contribution in [-0.4, -0.2) is 6.29 Å². The van der Waals surface area contributed by atoms with E-state index in [4.69, 9.17) is 0 Å². The van der Waals surface area contributed by atoms with Gasteiger partial charge in [-0.3, -0.25) is 4.79 Å². The van der Waals surface area contributed by atoms with Crippen LogP contribution < -0.4 is 0 Å². The van der Waals surface area contributed by atoms with Crippen LogP contribution in [0.2, 0.25) is 0 Å². The molecule has 0 fully saturated rings. The van der Waals surface area contributed by atoms with Crippen molar-refractivity contribution in [3.05, 3.63) is 23.8 Å². The van der Waals surface area contributed by atoms with Gasteiger partial charge in [-0.25, -0.2) is 0 Å². The van der Waals surface area contributed by atoms with Gasteiger partial charge in [0, 0.05) is 0 Å². The minimum absolute atomic E-state index is 0.893. The van der Waals surface area contributed by atoms with Crippen LogP contribution in [-0.2, 0) is 4.79 Å². The summed E-state index contributed by atoms with van der Waals surface area (Å²) < 4.78 is 0. The first-order valence-electron chi connectivity index (χ1n) is 4.12. The zero-order chi connectivity index (χ0) is 8.53. The van der Waals surface area contributed by atoms with E-state index in [1.54, 1.807) is 0 Å². The summed E-state index contributed by atoms with van der Waals surface area (Å²) in [5, 5.41) is 0. The summed E-state index contributed by atoms with van der Waals surface area (Å²) in [5.74, 6) is 0. The average molecular weight is 152 g/mol. The van der Waals surface area contributed by atoms with Gasteiger partial charge in [-0.1, -0.05) is 31.6 Å². The van der Waals surface area contributed by atoms with Crippen molar-refractivity contribution in [1.82, 2.24) is 0 Å². The van der Waals surface area contributed by atoms with E-state index < -0.39 is 0 Å². The Labute approximate surface area is 68.8 Å². The lowest BCUT2D eigenvalue weighted by Crippen LogP contribution is -1.83. The molecule has 0 heterocycles. The Balaban J connectivity index is 3.83. The van der Waals surface area contributed by atoms with Crippen molar-refractivity contribution in [3.63, 3.8) is 0 Å². The number of rotatable bonds is 5. The summed E-state index contributed by atoms with van der Waals surface area (Å²) in [7, 11) is 0. The molecule has 0 aliphatic carbocycles. The molecule has 1 heteroatoms. The molecule has 0 aromatic rings. The lowest BCUT2D eigenvalue weighted by Gasteiger charge is -1.94. The predicted molar refractivity (Wildman–Crippen MR) is 48.5 cm³/mol. The first-order chi connectivity index (χ1) is 5.35. The molecule has 0 aliphatic rings. The molecule has 0 radical (unpaired) electrons. The molecular weight excluding hydrogens is 136 g/mol. The monoisotopic (exact) mass is 152 g/mol. The van der Waals surface area contributed by atoms with Crippen LogP contribution in [0, 0.1) is 0 Å². The lowest BCUT2D eigenvalue weighted by atomic mass is 10.1. The third-order valence-corrected chi connectivity index (χ3v) is 1.47. The molecule has 0 bridgehead atoms. The lowest BCUT2D eigenvalue weighted by molar-refractivity contribution is -0.105. The number of unbranched alkanes of at least 4 members (excludes halogenated alkanes) is 1. The number of allylic oxidation sites excluding steroid dienone is 4. The van der Waals surface area contributed by atoms with Gasteiger partial charge in [-0.15, -0.1) is 0 Å². The Morgan fingerprint density at radius 2 is 2.18 bits per heavy atom. The quantitative estimate of drug-likeness (QED) is 0.336. The fraction of sp³-hybridized carbons (Fsp3) is 0.500. The molecule has 0 saturated heterocycles. The third kappa shape index (κ3) is 5.59. The van der Waals surface area contributed by atoms with Crippen molar-refractivity contribution in [2.75, 3.05) is 0 Å². The highest BCUT2D eigenvalue weighted by Crippen LogP contribution is 2.04. The fourth-order valence-electron chi connectivity index (χ4n) is 0.782. The second-order valence-corrected chi connectivity index (χ2v) is 2.49. The van der Waals surface area contributed by atoms with Crippen LogP contribution in [0.3, 0.4) is 0 Å². The highest BCUT2D eigenvalue weighted by molar-refractivity contribution is 5.73. The number of hydrogen-bond donors (Lipinski definition) is 0. The van der Waals surface area contributed by atoms with E-state index in [0.717, 1.165) is 31.1 Å². The van der Waals surface area contributed by atoms with Crippen LogP contribution in [0.1, 0.15) is 33.1 Å². The van der Waals surface area contributed by atoms with Crippen LogP contribution in [0.4, 0.5) is 0 Å². The van der Waals surface area contributed by atoms with Crippen LogP contribution in [0.15, 0.2) is 23.8 Å². The van der Waals surface area contributed by atoms with Gasteiger partial charge < -0.3 is 0 Å². The van der Waals surface area contributed by atoms with E-state index in [-0.39, 0.29) is 0 Å². The maximum absolute atomic E-state index is 10.4. The molecule has 0 atom stereocenters. The summed E-state index contributed by atoms with van der Waals surface area (Å²) in [5.41, 5.74) is 0.893. The molecule has 0 aliphatic heterocycles. The van der Waals surface area contributed by atoms with Gasteiger partial charge >= 0.3 is 0 Å². The highest BCUT2D eigenvalue weighted by Gasteiger charge is 1.91. The first-order valence-corrected chi connectivity index (χ1v) is 4.12. The van der Waals surface area contributed by atoms with E-state index in [9.17, 15) is 4.79 Å². The maximum Gasteiger partial charge on any atom is 0.146 e. The summed E-state index contributed by atoms with van der Waals surface area (Å²) >= 11 is 0. The average Bonchev–Trinajstić information content (AvgIpc) is 2.05. The van der Waals surface area contributed by atoms with Crippen LogP contribution in [0.5, 0.6) is 0 Å². The van der Waals surface area contributed by atoms with Crippen molar-refractivity contribution in [1.29, 1.82) is 0 Å². The molecule has 0 rings (SSSR count). The van der Waals surface area contributed by atoms with Gasteiger partial charge in [0.2, 0.25) is 0 Å². The van der Waals surface area contributed by atoms with Gasteiger partial charge in [0.25, 0.3) is 0 Å². The Morgan fingerprint density at radius 3 is 2.64 bits per heavy atom. The second-order valence-electron chi connectivity index (χ2n) is 2.49. The molecule has 0 spiro atoms.